The minimum Gasteiger partial charge on any atom is -0.496 e. The fourth-order valence-electron chi connectivity index (χ4n) is 3.78. The molecule has 1 fully saturated rings. The maximum Gasteiger partial charge on any atom is 0.172 e. The van der Waals surface area contributed by atoms with Crippen molar-refractivity contribution in [3.05, 3.63) is 42.1 Å². The molecule has 0 radical (unpaired) electrons. The van der Waals surface area contributed by atoms with E-state index in [1.165, 1.54) is 0 Å². The molecule has 2 aromatic heterocycles. The van der Waals surface area contributed by atoms with Crippen LogP contribution >= 0.6 is 0 Å². The number of nitrogens with two attached hydrogens (primary N) is 1. The first-order chi connectivity index (χ1) is 13.6. The van der Waals surface area contributed by atoms with Gasteiger partial charge in [0.1, 0.15) is 17.9 Å². The molecule has 0 spiro atoms. The SMILES string of the molecule is COc1ccc(C)cc1-c1cnc(N)c(N2CCC(c3nncn3C)CC2)n1. The van der Waals surface area contributed by atoms with Crippen molar-refractivity contribution in [2.24, 2.45) is 7.05 Å². The summed E-state index contributed by atoms with van der Waals surface area (Å²) in [6.45, 7) is 3.75. The lowest BCUT2D eigenvalue weighted by atomic mass is 9.96. The highest BCUT2D eigenvalue weighted by molar-refractivity contribution is 5.71. The zero-order valence-electron chi connectivity index (χ0n) is 16.5. The van der Waals surface area contributed by atoms with Gasteiger partial charge in [0.2, 0.25) is 0 Å². The van der Waals surface area contributed by atoms with Gasteiger partial charge in [-0.2, -0.15) is 0 Å². The summed E-state index contributed by atoms with van der Waals surface area (Å²) in [5.41, 5.74) is 9.00. The van der Waals surface area contributed by atoms with Gasteiger partial charge in [-0.1, -0.05) is 11.6 Å². The van der Waals surface area contributed by atoms with E-state index >= 15 is 0 Å². The number of nitrogen functional groups attached to an aromatic ring is 1. The summed E-state index contributed by atoms with van der Waals surface area (Å²) in [4.78, 5) is 11.5. The summed E-state index contributed by atoms with van der Waals surface area (Å²) >= 11 is 0. The van der Waals surface area contributed by atoms with Crippen LogP contribution < -0.4 is 15.4 Å². The van der Waals surface area contributed by atoms with Crippen LogP contribution in [0.1, 0.15) is 30.1 Å². The number of hydrogen-bond donors (Lipinski definition) is 1. The predicted octanol–water partition coefficient (Wildman–Crippen LogP) is 2.56. The van der Waals surface area contributed by atoms with E-state index < -0.39 is 0 Å². The molecule has 3 aromatic rings. The molecule has 8 nitrogen and oxygen atoms in total. The summed E-state index contributed by atoms with van der Waals surface area (Å²) in [6.07, 6.45) is 5.42. The predicted molar refractivity (Wildman–Crippen MR) is 108 cm³/mol. The summed E-state index contributed by atoms with van der Waals surface area (Å²) in [7, 11) is 3.65. The molecular formula is C20H25N7O. The van der Waals surface area contributed by atoms with Crippen molar-refractivity contribution in [3.63, 3.8) is 0 Å². The normalized spacial score (nSPS) is 15.0. The van der Waals surface area contributed by atoms with E-state index in [-0.39, 0.29) is 0 Å². The van der Waals surface area contributed by atoms with Crippen LogP contribution in [0.3, 0.4) is 0 Å². The molecule has 8 heteroatoms. The van der Waals surface area contributed by atoms with Gasteiger partial charge < -0.3 is 19.9 Å². The highest BCUT2D eigenvalue weighted by Gasteiger charge is 2.26. The van der Waals surface area contributed by atoms with Gasteiger partial charge in [-0.15, -0.1) is 10.2 Å². The molecule has 0 amide bonds. The van der Waals surface area contributed by atoms with Gasteiger partial charge in [0.25, 0.3) is 0 Å². The fourth-order valence-corrected chi connectivity index (χ4v) is 3.78. The Kier molecular flexibility index (Phi) is 4.85. The molecule has 4 rings (SSSR count). The first-order valence-electron chi connectivity index (χ1n) is 9.43. The topological polar surface area (TPSA) is 95.0 Å². The van der Waals surface area contributed by atoms with E-state index in [9.17, 15) is 0 Å². The fraction of sp³-hybridized carbons (Fsp3) is 0.400. The Morgan fingerprint density at radius 2 is 2.00 bits per heavy atom. The van der Waals surface area contributed by atoms with Crippen LogP contribution in [-0.4, -0.2) is 44.9 Å². The molecule has 0 unspecified atom stereocenters. The molecule has 0 bridgehead atoms. The van der Waals surface area contributed by atoms with Gasteiger partial charge in [0.15, 0.2) is 11.6 Å². The van der Waals surface area contributed by atoms with Crippen LogP contribution in [0, 0.1) is 6.92 Å². The number of nitrogens with zero attached hydrogens (tertiary/aromatic N) is 6. The van der Waals surface area contributed by atoms with Gasteiger partial charge in [0.05, 0.1) is 19.0 Å². The largest absolute Gasteiger partial charge is 0.496 e. The monoisotopic (exact) mass is 379 g/mol. The van der Waals surface area contributed by atoms with Crippen molar-refractivity contribution in [2.75, 3.05) is 30.8 Å². The zero-order chi connectivity index (χ0) is 19.7. The number of hydrogen-bond acceptors (Lipinski definition) is 7. The van der Waals surface area contributed by atoms with Crippen LogP contribution in [0.15, 0.2) is 30.7 Å². The quantitative estimate of drug-likeness (QED) is 0.744. The van der Waals surface area contributed by atoms with Crippen molar-refractivity contribution < 1.29 is 4.74 Å². The smallest absolute Gasteiger partial charge is 0.172 e. The number of anilines is 2. The van der Waals surface area contributed by atoms with Crippen LogP contribution in [0.25, 0.3) is 11.3 Å². The Balaban J connectivity index is 1.59. The third kappa shape index (κ3) is 3.37. The first-order valence-corrected chi connectivity index (χ1v) is 9.43. The number of piperidine rings is 1. The van der Waals surface area contributed by atoms with E-state index in [1.54, 1.807) is 19.6 Å². The maximum absolute atomic E-state index is 6.18. The second-order valence-electron chi connectivity index (χ2n) is 7.23. The Bertz CT molecular complexity index is 976. The molecule has 0 saturated carbocycles. The third-order valence-electron chi connectivity index (χ3n) is 5.32. The Labute approximate surface area is 164 Å². The molecule has 0 aliphatic carbocycles. The maximum atomic E-state index is 6.18. The van der Waals surface area contributed by atoms with Gasteiger partial charge in [-0.25, -0.2) is 9.97 Å². The molecule has 146 valence electrons. The van der Waals surface area contributed by atoms with E-state index in [2.05, 4.69) is 26.1 Å². The average molecular weight is 379 g/mol. The van der Waals surface area contributed by atoms with Crippen LogP contribution in [0.5, 0.6) is 5.75 Å². The van der Waals surface area contributed by atoms with Crippen molar-refractivity contribution in [3.8, 4) is 17.0 Å². The lowest BCUT2D eigenvalue weighted by molar-refractivity contribution is 0.416. The highest BCUT2D eigenvalue weighted by Crippen LogP contribution is 2.34. The number of rotatable bonds is 4. The summed E-state index contributed by atoms with van der Waals surface area (Å²) in [5.74, 6) is 3.40. The van der Waals surface area contributed by atoms with Gasteiger partial charge in [-0.05, 0) is 31.9 Å². The van der Waals surface area contributed by atoms with Crippen molar-refractivity contribution in [1.29, 1.82) is 0 Å². The third-order valence-corrected chi connectivity index (χ3v) is 5.32. The number of aryl methyl sites for hydroxylation is 2. The van der Waals surface area contributed by atoms with Crippen molar-refractivity contribution >= 4 is 11.6 Å². The van der Waals surface area contributed by atoms with E-state index in [0.717, 1.165) is 60.1 Å². The van der Waals surface area contributed by atoms with E-state index in [0.29, 0.717) is 11.7 Å². The minimum absolute atomic E-state index is 0.401. The number of benzene rings is 1. The lowest BCUT2D eigenvalue weighted by Gasteiger charge is -2.32. The number of ether oxygens (including phenoxy) is 1. The molecule has 1 aromatic carbocycles. The van der Waals surface area contributed by atoms with Crippen molar-refractivity contribution in [1.82, 2.24) is 24.7 Å². The van der Waals surface area contributed by atoms with Crippen LogP contribution in [0.2, 0.25) is 0 Å². The molecule has 3 heterocycles. The van der Waals surface area contributed by atoms with Crippen LogP contribution in [-0.2, 0) is 7.05 Å². The molecule has 28 heavy (non-hydrogen) atoms. The molecule has 2 N–H and O–H groups in total. The van der Waals surface area contributed by atoms with Crippen molar-refractivity contribution in [2.45, 2.75) is 25.7 Å². The first kappa shape index (κ1) is 18.2. The standard InChI is InChI=1S/C20H25N7O/c1-13-4-5-17(28-3)15(10-13)16-11-22-18(21)20(24-16)27-8-6-14(7-9-27)19-25-23-12-26(19)2/h4-5,10-12,14H,6-9H2,1-3H3,(H2,21,22). The highest BCUT2D eigenvalue weighted by atomic mass is 16.5. The van der Waals surface area contributed by atoms with Gasteiger partial charge >= 0.3 is 0 Å². The minimum atomic E-state index is 0.401. The summed E-state index contributed by atoms with van der Waals surface area (Å²) in [6, 6.07) is 6.03. The van der Waals surface area contributed by atoms with Crippen LogP contribution in [0.4, 0.5) is 11.6 Å². The zero-order valence-corrected chi connectivity index (χ0v) is 16.5. The second-order valence-corrected chi connectivity index (χ2v) is 7.23. The summed E-state index contributed by atoms with van der Waals surface area (Å²) in [5, 5.41) is 8.27. The van der Waals surface area contributed by atoms with Gasteiger partial charge in [0, 0.05) is 31.6 Å². The Morgan fingerprint density at radius 1 is 1.21 bits per heavy atom. The van der Waals surface area contributed by atoms with E-state index in [1.807, 2.05) is 30.7 Å². The molecule has 0 atom stereocenters. The molecule has 1 aliphatic rings. The Hall–Kier alpha value is -3.16. The molecule has 1 saturated heterocycles. The molecular weight excluding hydrogens is 354 g/mol. The second kappa shape index (κ2) is 7.46. The molecule has 1 aliphatic heterocycles. The van der Waals surface area contributed by atoms with E-state index in [4.69, 9.17) is 15.5 Å². The lowest BCUT2D eigenvalue weighted by Crippen LogP contribution is -2.35. The average Bonchev–Trinajstić information content (AvgIpc) is 3.14. The summed E-state index contributed by atoms with van der Waals surface area (Å²) < 4.78 is 7.51. The Morgan fingerprint density at radius 3 is 2.68 bits per heavy atom. The van der Waals surface area contributed by atoms with Gasteiger partial charge in [-0.3, -0.25) is 0 Å². The number of aromatic nitrogens is 5. The number of methoxy groups -OCH3 is 1.